The highest BCUT2D eigenvalue weighted by Crippen LogP contribution is 2.19. The number of unbranched alkanes of at least 4 members (excludes halogenated alkanes) is 1. The summed E-state index contributed by atoms with van der Waals surface area (Å²) in [6.07, 6.45) is 9.44. The normalized spacial score (nSPS) is 9.54. The standard InChI is InChI=1S/C12H13S/c1-3-5-10-13-12-8-6-11(4-2)7-9-12/h6-9H,3,5,10H2,1H3. The summed E-state index contributed by atoms with van der Waals surface area (Å²) in [6, 6.07) is 7.97. The molecule has 0 unspecified atom stereocenters. The van der Waals surface area contributed by atoms with E-state index in [0.29, 0.717) is 0 Å². The lowest BCUT2D eigenvalue weighted by atomic mass is 10.2. The fraction of sp³-hybridized carbons (Fsp3) is 0.333. The molecule has 0 aliphatic heterocycles. The zero-order valence-corrected chi connectivity index (χ0v) is 8.66. The third-order valence-electron chi connectivity index (χ3n) is 1.77. The summed E-state index contributed by atoms with van der Waals surface area (Å²) >= 11 is 1.88. The van der Waals surface area contributed by atoms with Gasteiger partial charge in [-0.05, 0) is 42.9 Å². The van der Waals surface area contributed by atoms with E-state index in [1.807, 2.05) is 23.9 Å². The van der Waals surface area contributed by atoms with E-state index in [1.165, 1.54) is 23.5 Å². The van der Waals surface area contributed by atoms with Crippen LogP contribution in [0, 0.1) is 12.3 Å². The SMILES string of the molecule is [C]#Cc1ccc(SCCCC)cc1. The summed E-state index contributed by atoms with van der Waals surface area (Å²) in [7, 11) is 0. The molecular weight excluding hydrogens is 176 g/mol. The van der Waals surface area contributed by atoms with Crippen LogP contribution in [0.25, 0.3) is 0 Å². The largest absolute Gasteiger partial charge is 0.126 e. The molecule has 1 heteroatoms. The third-order valence-corrected chi connectivity index (χ3v) is 2.86. The van der Waals surface area contributed by atoms with Gasteiger partial charge in [-0.1, -0.05) is 19.3 Å². The van der Waals surface area contributed by atoms with E-state index in [0.717, 1.165) is 5.56 Å². The second kappa shape index (κ2) is 5.72. The maximum Gasteiger partial charge on any atom is 0.0256 e. The zero-order chi connectivity index (χ0) is 9.52. The molecule has 0 aliphatic carbocycles. The van der Waals surface area contributed by atoms with Gasteiger partial charge >= 0.3 is 0 Å². The van der Waals surface area contributed by atoms with Gasteiger partial charge in [-0.2, -0.15) is 0 Å². The van der Waals surface area contributed by atoms with Crippen molar-refractivity contribution in [2.45, 2.75) is 24.7 Å². The van der Waals surface area contributed by atoms with Crippen LogP contribution in [0.15, 0.2) is 29.2 Å². The van der Waals surface area contributed by atoms with Crippen LogP contribution in [0.4, 0.5) is 0 Å². The van der Waals surface area contributed by atoms with Gasteiger partial charge in [0.15, 0.2) is 0 Å². The van der Waals surface area contributed by atoms with Crippen molar-refractivity contribution >= 4 is 11.8 Å². The van der Waals surface area contributed by atoms with E-state index in [9.17, 15) is 0 Å². The van der Waals surface area contributed by atoms with Crippen molar-refractivity contribution in [1.82, 2.24) is 0 Å². The molecule has 0 N–H and O–H groups in total. The molecule has 0 atom stereocenters. The lowest BCUT2D eigenvalue weighted by Gasteiger charge is -1.99. The molecule has 0 saturated carbocycles. The summed E-state index contributed by atoms with van der Waals surface area (Å²) in [6.45, 7) is 2.20. The minimum absolute atomic E-state index is 0.847. The first-order valence-electron chi connectivity index (χ1n) is 4.52. The van der Waals surface area contributed by atoms with Gasteiger partial charge in [0.05, 0.1) is 0 Å². The first-order valence-corrected chi connectivity index (χ1v) is 5.51. The van der Waals surface area contributed by atoms with Crippen LogP contribution in [-0.4, -0.2) is 5.75 Å². The van der Waals surface area contributed by atoms with Crippen molar-refractivity contribution in [3.63, 3.8) is 0 Å². The van der Waals surface area contributed by atoms with E-state index >= 15 is 0 Å². The maximum absolute atomic E-state index is 6.93. The predicted octanol–water partition coefficient (Wildman–Crippen LogP) is 3.52. The summed E-state index contributed by atoms with van der Waals surface area (Å²) in [5.41, 5.74) is 0.847. The molecule has 0 saturated heterocycles. The lowest BCUT2D eigenvalue weighted by Crippen LogP contribution is -1.79. The quantitative estimate of drug-likeness (QED) is 0.397. The smallest absolute Gasteiger partial charge is 0.0256 e. The highest BCUT2D eigenvalue weighted by molar-refractivity contribution is 7.99. The molecule has 1 aromatic rings. The van der Waals surface area contributed by atoms with E-state index in [-0.39, 0.29) is 0 Å². The van der Waals surface area contributed by atoms with Crippen LogP contribution in [0.2, 0.25) is 0 Å². The molecule has 0 aromatic heterocycles. The van der Waals surface area contributed by atoms with Gasteiger partial charge in [-0.15, -0.1) is 11.8 Å². The van der Waals surface area contributed by atoms with E-state index in [4.69, 9.17) is 6.42 Å². The zero-order valence-electron chi connectivity index (χ0n) is 7.84. The molecule has 0 heterocycles. The van der Waals surface area contributed by atoms with Gasteiger partial charge in [-0.3, -0.25) is 0 Å². The van der Waals surface area contributed by atoms with Crippen LogP contribution in [-0.2, 0) is 0 Å². The molecule has 67 valence electrons. The Kier molecular flexibility index (Phi) is 4.49. The fourth-order valence-corrected chi connectivity index (χ4v) is 1.97. The van der Waals surface area contributed by atoms with Gasteiger partial charge in [-0.25, -0.2) is 0 Å². The summed E-state index contributed by atoms with van der Waals surface area (Å²) in [4.78, 5) is 1.28. The van der Waals surface area contributed by atoms with Crippen molar-refractivity contribution < 1.29 is 0 Å². The van der Waals surface area contributed by atoms with E-state index in [1.54, 1.807) is 0 Å². The Morgan fingerprint density at radius 1 is 1.31 bits per heavy atom. The number of hydrogen-bond donors (Lipinski definition) is 0. The molecule has 13 heavy (non-hydrogen) atoms. The van der Waals surface area contributed by atoms with Crippen molar-refractivity contribution in [3.8, 4) is 5.92 Å². The molecule has 1 aromatic carbocycles. The van der Waals surface area contributed by atoms with Crippen LogP contribution >= 0.6 is 11.8 Å². The van der Waals surface area contributed by atoms with Crippen LogP contribution < -0.4 is 0 Å². The van der Waals surface area contributed by atoms with Gasteiger partial charge in [0, 0.05) is 10.5 Å². The maximum atomic E-state index is 6.93. The first kappa shape index (κ1) is 10.2. The van der Waals surface area contributed by atoms with Crippen molar-refractivity contribution in [2.75, 3.05) is 5.75 Å². The fourth-order valence-electron chi connectivity index (χ4n) is 0.969. The number of rotatable bonds is 4. The van der Waals surface area contributed by atoms with Crippen molar-refractivity contribution in [2.24, 2.45) is 0 Å². The highest BCUT2D eigenvalue weighted by Gasteiger charge is 1.92. The second-order valence-electron chi connectivity index (χ2n) is 2.85. The third kappa shape index (κ3) is 3.57. The van der Waals surface area contributed by atoms with Gasteiger partial charge in [0.1, 0.15) is 0 Å². The Balaban J connectivity index is 2.46. The summed E-state index contributed by atoms with van der Waals surface area (Å²) < 4.78 is 0. The minimum atomic E-state index is 0.847. The molecule has 0 fully saturated rings. The summed E-state index contributed by atoms with van der Waals surface area (Å²) in [5.74, 6) is 3.55. The molecule has 1 rings (SSSR count). The second-order valence-corrected chi connectivity index (χ2v) is 4.02. The van der Waals surface area contributed by atoms with E-state index in [2.05, 4.69) is 25.0 Å². The minimum Gasteiger partial charge on any atom is -0.126 e. The van der Waals surface area contributed by atoms with Crippen molar-refractivity contribution in [3.05, 3.63) is 36.3 Å². The number of benzene rings is 1. The Hall–Kier alpha value is -0.870. The predicted molar refractivity (Wildman–Crippen MR) is 58.3 cm³/mol. The Labute approximate surface area is 84.7 Å². The Morgan fingerprint density at radius 2 is 2.00 bits per heavy atom. The number of hydrogen-bond acceptors (Lipinski definition) is 1. The molecule has 0 spiro atoms. The lowest BCUT2D eigenvalue weighted by molar-refractivity contribution is 0.896. The van der Waals surface area contributed by atoms with Crippen LogP contribution in [0.1, 0.15) is 25.3 Å². The number of thioether (sulfide) groups is 1. The average molecular weight is 189 g/mol. The first-order chi connectivity index (χ1) is 6.36. The molecule has 0 nitrogen and oxygen atoms in total. The van der Waals surface area contributed by atoms with Gasteiger partial charge in [0.25, 0.3) is 0 Å². The van der Waals surface area contributed by atoms with Crippen molar-refractivity contribution in [1.29, 1.82) is 0 Å². The van der Waals surface area contributed by atoms with Gasteiger partial charge in [0.2, 0.25) is 0 Å². The topological polar surface area (TPSA) is 0 Å². The molecule has 1 radical (unpaired) electrons. The van der Waals surface area contributed by atoms with Crippen LogP contribution in [0.5, 0.6) is 0 Å². The van der Waals surface area contributed by atoms with E-state index < -0.39 is 0 Å². The summed E-state index contributed by atoms with van der Waals surface area (Å²) in [5, 5.41) is 0. The molecule has 0 amide bonds. The van der Waals surface area contributed by atoms with Gasteiger partial charge < -0.3 is 0 Å². The highest BCUT2D eigenvalue weighted by atomic mass is 32.2. The molecular formula is C12H13S. The molecule has 0 aliphatic rings. The Morgan fingerprint density at radius 3 is 2.54 bits per heavy atom. The van der Waals surface area contributed by atoms with Crippen LogP contribution in [0.3, 0.4) is 0 Å². The Bertz CT molecular complexity index is 279. The monoisotopic (exact) mass is 189 g/mol. The molecule has 0 bridgehead atoms. The average Bonchev–Trinajstić information content (AvgIpc) is 2.19.